The number of esters is 3. The molecule has 0 saturated heterocycles. The van der Waals surface area contributed by atoms with Crippen LogP contribution in [0.1, 0.15) is 44.9 Å². The number of carboxylic acids is 1. The van der Waals surface area contributed by atoms with Crippen LogP contribution in [0.25, 0.3) is 0 Å². The van der Waals surface area contributed by atoms with Crippen LogP contribution in [0.2, 0.25) is 0 Å². The molecule has 1 atom stereocenters. The zero-order chi connectivity index (χ0) is 23.4. The predicted molar refractivity (Wildman–Crippen MR) is 83.6 cm³/mol. The molecule has 174 valence electrons. The van der Waals surface area contributed by atoms with Crippen LogP contribution in [0.3, 0.4) is 0 Å². The van der Waals surface area contributed by atoms with E-state index >= 15 is 0 Å². The summed E-state index contributed by atoms with van der Waals surface area (Å²) < 4.78 is 84.4. The predicted octanol–water partition coefficient (Wildman–Crippen LogP) is 3.13. The number of alkyl halides is 6. The van der Waals surface area contributed by atoms with Gasteiger partial charge >= 0.3 is 36.2 Å². The Hall–Kier alpha value is -2.54. The van der Waals surface area contributed by atoms with Crippen LogP contribution < -0.4 is 0 Å². The number of hydrogen-bond acceptors (Lipinski definition) is 7. The number of carbonyl (C=O) groups excluding carboxylic acids is 3. The molecular weight excluding hydrogens is 434 g/mol. The quantitative estimate of drug-likeness (QED) is 0.195. The van der Waals surface area contributed by atoms with E-state index < -0.39 is 55.5 Å². The van der Waals surface area contributed by atoms with Crippen LogP contribution in [0.15, 0.2) is 0 Å². The van der Waals surface area contributed by atoms with Crippen molar-refractivity contribution in [2.75, 3.05) is 13.4 Å². The highest BCUT2D eigenvalue weighted by molar-refractivity contribution is 5.77. The summed E-state index contributed by atoms with van der Waals surface area (Å²) in [5, 5.41) is 8.49. The highest BCUT2D eigenvalue weighted by atomic mass is 19.4. The first-order valence-electron chi connectivity index (χ1n) is 8.61. The molecule has 0 radical (unpaired) electrons. The van der Waals surface area contributed by atoms with Gasteiger partial charge in [-0.05, 0) is 12.8 Å². The van der Waals surface area contributed by atoms with E-state index in [9.17, 15) is 45.5 Å². The molecule has 0 bridgehead atoms. The van der Waals surface area contributed by atoms with Gasteiger partial charge in [0.15, 0.2) is 0 Å². The van der Waals surface area contributed by atoms with Crippen molar-refractivity contribution in [1.82, 2.24) is 0 Å². The molecule has 0 aliphatic carbocycles. The molecule has 0 saturated carbocycles. The summed E-state index contributed by atoms with van der Waals surface area (Å²) in [7, 11) is 0. The number of aliphatic carboxylic acids is 1. The fourth-order valence-electron chi connectivity index (χ4n) is 2.07. The lowest BCUT2D eigenvalue weighted by atomic mass is 10.0. The van der Waals surface area contributed by atoms with Crippen molar-refractivity contribution in [3.05, 3.63) is 0 Å². The maximum Gasteiger partial charge on any atom is 0.491 e. The third kappa shape index (κ3) is 12.8. The standard InChI is InChI=1S/C16H20F6O8/c17-15(18,19)13(26)28-8-10(6-4-2-1-3-5-7-11(23)24)12(25)29-9-30-14(27)16(20,21)22/h10H,1-9H2,(H,23,24). The summed E-state index contributed by atoms with van der Waals surface area (Å²) in [4.78, 5) is 43.5. The monoisotopic (exact) mass is 454 g/mol. The number of carbonyl (C=O) groups is 4. The Morgan fingerprint density at radius 3 is 1.77 bits per heavy atom. The van der Waals surface area contributed by atoms with Gasteiger partial charge < -0.3 is 19.3 Å². The average Bonchev–Trinajstić information content (AvgIpc) is 2.60. The molecule has 1 unspecified atom stereocenters. The highest BCUT2D eigenvalue weighted by Crippen LogP contribution is 2.20. The maximum absolute atomic E-state index is 12.2. The van der Waals surface area contributed by atoms with Crippen LogP contribution in [0.5, 0.6) is 0 Å². The first-order valence-corrected chi connectivity index (χ1v) is 8.61. The molecule has 0 amide bonds. The van der Waals surface area contributed by atoms with Gasteiger partial charge in [0, 0.05) is 6.42 Å². The first kappa shape index (κ1) is 27.5. The summed E-state index contributed by atoms with van der Waals surface area (Å²) >= 11 is 0. The summed E-state index contributed by atoms with van der Waals surface area (Å²) in [6, 6.07) is 0. The molecule has 0 heterocycles. The summed E-state index contributed by atoms with van der Waals surface area (Å²) in [6.07, 6.45) is -8.56. The Kier molecular flexibility index (Phi) is 11.8. The minimum atomic E-state index is -5.32. The fraction of sp³-hybridized carbons (Fsp3) is 0.750. The highest BCUT2D eigenvalue weighted by Gasteiger charge is 2.42. The van der Waals surface area contributed by atoms with Gasteiger partial charge in [0.1, 0.15) is 6.61 Å². The number of ether oxygens (including phenoxy) is 3. The average molecular weight is 454 g/mol. The second-order valence-corrected chi connectivity index (χ2v) is 6.00. The van der Waals surface area contributed by atoms with Gasteiger partial charge in [0.25, 0.3) is 0 Å². The van der Waals surface area contributed by atoms with Crippen molar-refractivity contribution in [2.24, 2.45) is 5.92 Å². The van der Waals surface area contributed by atoms with E-state index in [4.69, 9.17) is 5.11 Å². The maximum atomic E-state index is 12.2. The van der Waals surface area contributed by atoms with Crippen molar-refractivity contribution in [1.29, 1.82) is 0 Å². The summed E-state index contributed by atoms with van der Waals surface area (Å²) in [5.74, 6) is -8.89. The molecule has 14 heteroatoms. The number of carboxylic acid groups (broad SMARTS) is 1. The molecule has 0 aromatic carbocycles. The van der Waals surface area contributed by atoms with Gasteiger partial charge in [-0.1, -0.05) is 25.7 Å². The number of hydrogen-bond donors (Lipinski definition) is 1. The Morgan fingerprint density at radius 1 is 0.733 bits per heavy atom. The molecule has 0 aliphatic heterocycles. The minimum Gasteiger partial charge on any atom is -0.481 e. The Morgan fingerprint density at radius 2 is 1.23 bits per heavy atom. The molecule has 0 aromatic heterocycles. The number of unbranched alkanes of at least 4 members (excludes halogenated alkanes) is 4. The molecular formula is C16H20F6O8. The number of halogens is 6. The van der Waals surface area contributed by atoms with Crippen molar-refractivity contribution < 1.29 is 64.8 Å². The molecule has 0 spiro atoms. The van der Waals surface area contributed by atoms with Gasteiger partial charge in [-0.25, -0.2) is 9.59 Å². The minimum absolute atomic E-state index is 0.0288. The summed E-state index contributed by atoms with van der Waals surface area (Å²) in [6.45, 7) is -2.46. The Labute approximate surface area is 166 Å². The van der Waals surface area contributed by atoms with Crippen molar-refractivity contribution in [3.8, 4) is 0 Å². The largest absolute Gasteiger partial charge is 0.491 e. The van der Waals surface area contributed by atoms with E-state index in [1.54, 1.807) is 0 Å². The normalized spacial score (nSPS) is 12.7. The molecule has 0 aliphatic rings. The van der Waals surface area contributed by atoms with Crippen LogP contribution in [-0.2, 0) is 33.4 Å². The second kappa shape index (κ2) is 12.9. The van der Waals surface area contributed by atoms with E-state index in [-0.39, 0.29) is 19.3 Å². The topological polar surface area (TPSA) is 116 Å². The second-order valence-electron chi connectivity index (χ2n) is 6.00. The molecule has 1 N–H and O–H groups in total. The van der Waals surface area contributed by atoms with Crippen LogP contribution in [0, 0.1) is 5.92 Å². The summed E-state index contributed by atoms with van der Waals surface area (Å²) in [5.41, 5.74) is 0. The molecule has 0 fully saturated rings. The van der Waals surface area contributed by atoms with Crippen molar-refractivity contribution in [2.45, 2.75) is 57.3 Å². The van der Waals surface area contributed by atoms with E-state index in [1.807, 2.05) is 0 Å². The molecule has 0 aromatic rings. The smallest absolute Gasteiger partial charge is 0.481 e. The van der Waals surface area contributed by atoms with Gasteiger partial charge in [0.05, 0.1) is 5.92 Å². The van der Waals surface area contributed by atoms with Crippen LogP contribution in [0.4, 0.5) is 26.3 Å². The van der Waals surface area contributed by atoms with Crippen molar-refractivity contribution in [3.63, 3.8) is 0 Å². The van der Waals surface area contributed by atoms with Gasteiger partial charge in [-0.15, -0.1) is 0 Å². The molecule has 30 heavy (non-hydrogen) atoms. The van der Waals surface area contributed by atoms with Gasteiger partial charge in [-0.2, -0.15) is 26.3 Å². The Balaban J connectivity index is 4.55. The van der Waals surface area contributed by atoms with E-state index in [0.717, 1.165) is 0 Å². The Bertz CT molecular complexity index is 587. The van der Waals surface area contributed by atoms with Crippen LogP contribution >= 0.6 is 0 Å². The van der Waals surface area contributed by atoms with E-state index in [1.165, 1.54) is 0 Å². The van der Waals surface area contributed by atoms with Gasteiger partial charge in [-0.3, -0.25) is 9.59 Å². The number of rotatable bonds is 13. The van der Waals surface area contributed by atoms with Crippen molar-refractivity contribution >= 4 is 23.9 Å². The fourth-order valence-corrected chi connectivity index (χ4v) is 2.07. The lowest BCUT2D eigenvalue weighted by molar-refractivity contribution is -0.212. The first-order chi connectivity index (χ1) is 13.7. The lowest BCUT2D eigenvalue weighted by Crippen LogP contribution is -2.31. The molecule has 8 nitrogen and oxygen atoms in total. The van der Waals surface area contributed by atoms with Crippen LogP contribution in [-0.4, -0.2) is 54.7 Å². The SMILES string of the molecule is O=C(O)CCCCCCCC(COC(=O)C(F)(F)F)C(=O)OCOC(=O)C(F)(F)F. The lowest BCUT2D eigenvalue weighted by Gasteiger charge is -2.17. The third-order valence-electron chi connectivity index (χ3n) is 3.55. The molecule has 0 rings (SSSR count). The van der Waals surface area contributed by atoms with E-state index in [2.05, 4.69) is 14.2 Å². The van der Waals surface area contributed by atoms with E-state index in [0.29, 0.717) is 25.7 Å². The van der Waals surface area contributed by atoms with Gasteiger partial charge in [0.2, 0.25) is 6.79 Å². The zero-order valence-corrected chi connectivity index (χ0v) is 15.5. The zero-order valence-electron chi connectivity index (χ0n) is 15.5. The third-order valence-corrected chi connectivity index (χ3v) is 3.55.